The molecular formula is C9H13N3OS. The summed E-state index contributed by atoms with van der Waals surface area (Å²) in [4.78, 5) is 8.97. The molecule has 0 aliphatic carbocycles. The maximum atomic E-state index is 9.22. The van der Waals surface area contributed by atoms with Crippen LogP contribution in [0.3, 0.4) is 0 Å². The summed E-state index contributed by atoms with van der Waals surface area (Å²) in [5.74, 6) is 0.158. The third-order valence-electron chi connectivity index (χ3n) is 3.07. The molecule has 2 bridgehead atoms. The van der Waals surface area contributed by atoms with Gasteiger partial charge in [-0.25, -0.2) is 0 Å². The normalized spacial score (nSPS) is 31.0. The van der Waals surface area contributed by atoms with Gasteiger partial charge in [-0.2, -0.15) is 4.98 Å². The molecule has 1 aromatic rings. The third-order valence-corrected chi connectivity index (χ3v) is 3.94. The molecule has 2 saturated heterocycles. The van der Waals surface area contributed by atoms with Crippen molar-refractivity contribution in [3.05, 3.63) is 5.38 Å². The summed E-state index contributed by atoms with van der Waals surface area (Å²) < 4.78 is 0. The van der Waals surface area contributed by atoms with E-state index in [1.807, 2.05) is 0 Å². The van der Waals surface area contributed by atoms with Crippen molar-refractivity contribution in [2.45, 2.75) is 12.5 Å². The van der Waals surface area contributed by atoms with E-state index in [0.29, 0.717) is 6.04 Å². The Morgan fingerprint density at radius 1 is 1.43 bits per heavy atom. The van der Waals surface area contributed by atoms with E-state index in [1.54, 1.807) is 5.38 Å². The van der Waals surface area contributed by atoms with E-state index in [0.717, 1.165) is 18.2 Å². The summed E-state index contributed by atoms with van der Waals surface area (Å²) in [7, 11) is 0. The summed E-state index contributed by atoms with van der Waals surface area (Å²) in [5, 5.41) is 11.9. The summed E-state index contributed by atoms with van der Waals surface area (Å²) in [6.07, 6.45) is 1.24. The van der Waals surface area contributed by atoms with Crippen LogP contribution in [0.15, 0.2) is 5.38 Å². The SMILES string of the molecule is Oc1csc(N2CCN3CCC2C3)n1. The van der Waals surface area contributed by atoms with Gasteiger partial charge in [-0.15, -0.1) is 11.3 Å². The van der Waals surface area contributed by atoms with Gasteiger partial charge in [0.25, 0.3) is 0 Å². The molecule has 1 aromatic heterocycles. The molecule has 76 valence electrons. The van der Waals surface area contributed by atoms with Gasteiger partial charge < -0.3 is 10.0 Å². The van der Waals surface area contributed by atoms with E-state index in [2.05, 4.69) is 14.8 Å². The Balaban J connectivity index is 1.84. The van der Waals surface area contributed by atoms with Crippen molar-refractivity contribution in [2.75, 3.05) is 31.1 Å². The van der Waals surface area contributed by atoms with Crippen molar-refractivity contribution in [2.24, 2.45) is 0 Å². The first-order valence-corrected chi connectivity index (χ1v) is 5.84. The lowest BCUT2D eigenvalue weighted by molar-refractivity contribution is 0.310. The van der Waals surface area contributed by atoms with Crippen LogP contribution in [-0.4, -0.2) is 47.2 Å². The lowest BCUT2D eigenvalue weighted by Gasteiger charge is -2.33. The maximum absolute atomic E-state index is 9.22. The standard InChI is InChI=1S/C9H13N3OS/c13-8-6-14-9(10-8)12-4-3-11-2-1-7(12)5-11/h6-7,13H,1-5H2. The Kier molecular flexibility index (Phi) is 1.88. The molecule has 2 unspecified atom stereocenters. The van der Waals surface area contributed by atoms with Crippen LogP contribution in [0.4, 0.5) is 5.13 Å². The van der Waals surface area contributed by atoms with Crippen LogP contribution in [0.2, 0.25) is 0 Å². The molecule has 1 N–H and O–H groups in total. The molecular weight excluding hydrogens is 198 g/mol. The minimum atomic E-state index is 0.158. The van der Waals surface area contributed by atoms with Gasteiger partial charge in [0.2, 0.25) is 5.88 Å². The van der Waals surface area contributed by atoms with Crippen molar-refractivity contribution in [1.82, 2.24) is 9.88 Å². The smallest absolute Gasteiger partial charge is 0.223 e. The number of anilines is 1. The summed E-state index contributed by atoms with van der Waals surface area (Å²) >= 11 is 1.54. The molecule has 3 heterocycles. The predicted molar refractivity (Wildman–Crippen MR) is 56.0 cm³/mol. The van der Waals surface area contributed by atoms with E-state index in [-0.39, 0.29) is 5.88 Å². The number of nitrogens with zero attached hydrogens (tertiary/aromatic N) is 3. The molecule has 0 spiro atoms. The van der Waals surface area contributed by atoms with E-state index < -0.39 is 0 Å². The minimum Gasteiger partial charge on any atom is -0.493 e. The fraction of sp³-hybridized carbons (Fsp3) is 0.667. The Morgan fingerprint density at radius 3 is 3.14 bits per heavy atom. The fourth-order valence-electron chi connectivity index (χ4n) is 2.34. The molecule has 2 fully saturated rings. The van der Waals surface area contributed by atoms with Gasteiger partial charge in [-0.3, -0.25) is 4.90 Å². The Hall–Kier alpha value is -0.810. The van der Waals surface area contributed by atoms with Crippen molar-refractivity contribution in [1.29, 1.82) is 0 Å². The third kappa shape index (κ3) is 1.27. The highest BCUT2D eigenvalue weighted by Gasteiger charge is 2.33. The Morgan fingerprint density at radius 2 is 2.36 bits per heavy atom. The second kappa shape index (κ2) is 3.10. The molecule has 2 aliphatic heterocycles. The molecule has 14 heavy (non-hydrogen) atoms. The summed E-state index contributed by atoms with van der Waals surface area (Å²) in [6, 6.07) is 0.620. The topological polar surface area (TPSA) is 39.6 Å². The van der Waals surface area contributed by atoms with Crippen molar-refractivity contribution >= 4 is 16.5 Å². The van der Waals surface area contributed by atoms with Crippen molar-refractivity contribution in [3.8, 4) is 5.88 Å². The van der Waals surface area contributed by atoms with Crippen LogP contribution < -0.4 is 4.90 Å². The van der Waals surface area contributed by atoms with E-state index in [9.17, 15) is 5.11 Å². The van der Waals surface area contributed by atoms with Crippen molar-refractivity contribution < 1.29 is 5.11 Å². The number of thiazole rings is 1. The molecule has 4 nitrogen and oxygen atoms in total. The first kappa shape index (κ1) is 8.49. The molecule has 3 rings (SSSR count). The minimum absolute atomic E-state index is 0.158. The zero-order valence-electron chi connectivity index (χ0n) is 7.89. The van der Waals surface area contributed by atoms with E-state index >= 15 is 0 Å². The number of aromatic nitrogens is 1. The second-order valence-electron chi connectivity index (χ2n) is 3.92. The first-order valence-electron chi connectivity index (χ1n) is 4.96. The van der Waals surface area contributed by atoms with Gasteiger partial charge in [0.1, 0.15) is 0 Å². The van der Waals surface area contributed by atoms with Crippen LogP contribution in [0.5, 0.6) is 5.88 Å². The Bertz CT molecular complexity index is 341. The average molecular weight is 211 g/mol. The van der Waals surface area contributed by atoms with Gasteiger partial charge in [-0.05, 0) is 6.42 Å². The lowest BCUT2D eigenvalue weighted by atomic mass is 10.2. The number of hydrogen-bond donors (Lipinski definition) is 1. The lowest BCUT2D eigenvalue weighted by Crippen LogP contribution is -2.46. The highest BCUT2D eigenvalue weighted by atomic mass is 32.1. The van der Waals surface area contributed by atoms with Crippen molar-refractivity contribution in [3.63, 3.8) is 0 Å². The first-order chi connectivity index (χ1) is 6.83. The molecule has 2 aliphatic rings. The quantitative estimate of drug-likeness (QED) is 0.744. The van der Waals surface area contributed by atoms with Gasteiger partial charge >= 0.3 is 0 Å². The van der Waals surface area contributed by atoms with Crippen LogP contribution in [0.25, 0.3) is 0 Å². The monoisotopic (exact) mass is 211 g/mol. The zero-order chi connectivity index (χ0) is 9.54. The molecule has 2 atom stereocenters. The largest absolute Gasteiger partial charge is 0.493 e. The number of rotatable bonds is 1. The van der Waals surface area contributed by atoms with E-state index in [4.69, 9.17) is 0 Å². The molecule has 0 radical (unpaired) electrons. The predicted octanol–water partition coefficient (Wildman–Crippen LogP) is 0.743. The average Bonchev–Trinajstić information content (AvgIpc) is 2.75. The van der Waals surface area contributed by atoms with Gasteiger partial charge in [-0.1, -0.05) is 0 Å². The molecule has 0 aromatic carbocycles. The van der Waals surface area contributed by atoms with E-state index in [1.165, 1.54) is 30.8 Å². The number of aromatic hydroxyl groups is 1. The summed E-state index contributed by atoms with van der Waals surface area (Å²) in [5.41, 5.74) is 0. The van der Waals surface area contributed by atoms with Crippen LogP contribution in [0.1, 0.15) is 6.42 Å². The zero-order valence-corrected chi connectivity index (χ0v) is 8.70. The van der Waals surface area contributed by atoms with Crippen LogP contribution >= 0.6 is 11.3 Å². The molecule has 0 saturated carbocycles. The maximum Gasteiger partial charge on any atom is 0.223 e. The number of fused-ring (bicyclic) bond motifs is 2. The van der Waals surface area contributed by atoms with Crippen LogP contribution in [0, 0.1) is 0 Å². The highest BCUT2D eigenvalue weighted by molar-refractivity contribution is 7.13. The van der Waals surface area contributed by atoms with Gasteiger partial charge in [0, 0.05) is 32.2 Å². The summed E-state index contributed by atoms with van der Waals surface area (Å²) in [6.45, 7) is 4.58. The van der Waals surface area contributed by atoms with Crippen LogP contribution in [-0.2, 0) is 0 Å². The molecule has 5 heteroatoms. The van der Waals surface area contributed by atoms with Gasteiger partial charge in [0.15, 0.2) is 5.13 Å². The number of hydrogen-bond acceptors (Lipinski definition) is 5. The van der Waals surface area contributed by atoms with Gasteiger partial charge in [0.05, 0.1) is 5.38 Å². The fourth-order valence-corrected chi connectivity index (χ4v) is 3.13. The molecule has 0 amide bonds. The Labute approximate surface area is 86.8 Å². The highest BCUT2D eigenvalue weighted by Crippen LogP contribution is 2.30. The number of piperazine rings is 1. The second-order valence-corrected chi connectivity index (χ2v) is 4.76.